The van der Waals surface area contributed by atoms with E-state index in [2.05, 4.69) is 48.0 Å². The molecule has 134 valence electrons. The third-order valence-corrected chi connectivity index (χ3v) is 6.21. The highest BCUT2D eigenvalue weighted by Crippen LogP contribution is 2.68. The average Bonchev–Trinajstić information content (AvgIpc) is 2.86. The molecular formula is C20H23N5O. The summed E-state index contributed by atoms with van der Waals surface area (Å²) in [5, 5.41) is 3.83. The van der Waals surface area contributed by atoms with E-state index in [0.29, 0.717) is 5.95 Å². The van der Waals surface area contributed by atoms with Crippen LogP contribution < -0.4 is 5.32 Å². The number of carbonyl (C=O) groups excluding carboxylic acids is 1. The summed E-state index contributed by atoms with van der Waals surface area (Å²) in [6, 6.07) is 6.00. The van der Waals surface area contributed by atoms with Gasteiger partial charge in [-0.3, -0.25) is 10.1 Å². The Hall–Kier alpha value is -2.76. The van der Waals surface area contributed by atoms with Crippen molar-refractivity contribution in [3.8, 4) is 11.3 Å². The number of nitrogens with one attached hydrogen (secondary N) is 1. The number of carbonyl (C=O) groups is 1. The summed E-state index contributed by atoms with van der Waals surface area (Å²) >= 11 is 0. The molecule has 6 nitrogen and oxygen atoms in total. The van der Waals surface area contributed by atoms with Crippen LogP contribution in [0, 0.1) is 16.7 Å². The van der Waals surface area contributed by atoms with Crippen LogP contribution in [0.5, 0.6) is 0 Å². The minimum atomic E-state index is -0.0323. The van der Waals surface area contributed by atoms with Gasteiger partial charge < -0.3 is 4.57 Å². The van der Waals surface area contributed by atoms with Gasteiger partial charge in [0.05, 0.1) is 23.7 Å². The molecule has 26 heavy (non-hydrogen) atoms. The number of rotatable bonds is 3. The van der Waals surface area contributed by atoms with Crippen molar-refractivity contribution in [1.29, 1.82) is 0 Å². The van der Waals surface area contributed by atoms with E-state index in [1.54, 1.807) is 12.5 Å². The fourth-order valence-corrected chi connectivity index (χ4v) is 3.91. The van der Waals surface area contributed by atoms with Gasteiger partial charge in [-0.2, -0.15) is 0 Å². The van der Waals surface area contributed by atoms with E-state index in [4.69, 9.17) is 0 Å². The molecule has 0 atom stereocenters. The predicted octanol–water partition coefficient (Wildman–Crippen LogP) is 3.65. The Morgan fingerprint density at radius 1 is 1.15 bits per heavy atom. The first-order valence-electron chi connectivity index (χ1n) is 8.76. The van der Waals surface area contributed by atoms with E-state index in [0.717, 1.165) is 22.2 Å². The van der Waals surface area contributed by atoms with E-state index >= 15 is 0 Å². The second kappa shape index (κ2) is 5.37. The van der Waals surface area contributed by atoms with E-state index in [9.17, 15) is 4.79 Å². The van der Waals surface area contributed by atoms with Crippen molar-refractivity contribution in [2.45, 2.75) is 27.7 Å². The zero-order chi connectivity index (χ0) is 18.7. The zero-order valence-electron chi connectivity index (χ0n) is 15.7. The molecule has 2 aromatic heterocycles. The van der Waals surface area contributed by atoms with Gasteiger partial charge in [0.25, 0.3) is 0 Å². The molecule has 4 rings (SSSR count). The van der Waals surface area contributed by atoms with Gasteiger partial charge >= 0.3 is 0 Å². The first-order valence-corrected chi connectivity index (χ1v) is 8.76. The van der Waals surface area contributed by atoms with Crippen LogP contribution in [0.15, 0.2) is 36.9 Å². The summed E-state index contributed by atoms with van der Waals surface area (Å²) in [5.74, 6) is 0.306. The van der Waals surface area contributed by atoms with Gasteiger partial charge in [-0.25, -0.2) is 15.0 Å². The van der Waals surface area contributed by atoms with Crippen molar-refractivity contribution in [1.82, 2.24) is 19.5 Å². The molecule has 1 N–H and O–H groups in total. The lowest BCUT2D eigenvalue weighted by Crippen LogP contribution is -2.19. The molecule has 0 saturated heterocycles. The number of fused-ring (bicyclic) bond motifs is 1. The third-order valence-electron chi connectivity index (χ3n) is 6.21. The Bertz CT molecular complexity index is 1000. The van der Waals surface area contributed by atoms with Crippen molar-refractivity contribution in [2.75, 3.05) is 5.32 Å². The lowest BCUT2D eigenvalue weighted by Gasteiger charge is -2.07. The van der Waals surface area contributed by atoms with Gasteiger partial charge in [0.15, 0.2) is 0 Å². The molecule has 1 saturated carbocycles. The normalized spacial score (nSPS) is 18.0. The van der Waals surface area contributed by atoms with Crippen LogP contribution in [0.2, 0.25) is 0 Å². The summed E-state index contributed by atoms with van der Waals surface area (Å²) in [6.07, 6.45) is 5.33. The predicted molar refractivity (Wildman–Crippen MR) is 101 cm³/mol. The largest absolute Gasteiger partial charge is 0.334 e. The van der Waals surface area contributed by atoms with Gasteiger partial charge in [0.2, 0.25) is 11.9 Å². The van der Waals surface area contributed by atoms with Gasteiger partial charge in [0.1, 0.15) is 0 Å². The fraction of sp³-hybridized carbons (Fsp3) is 0.400. The first-order chi connectivity index (χ1) is 12.2. The van der Waals surface area contributed by atoms with E-state index in [-0.39, 0.29) is 22.7 Å². The summed E-state index contributed by atoms with van der Waals surface area (Å²) in [4.78, 5) is 25.6. The number of hydrogen-bond donors (Lipinski definition) is 1. The van der Waals surface area contributed by atoms with Gasteiger partial charge in [-0.15, -0.1) is 0 Å². The fourth-order valence-electron chi connectivity index (χ4n) is 3.91. The minimum absolute atomic E-state index is 0.0119. The van der Waals surface area contributed by atoms with Crippen molar-refractivity contribution in [3.63, 3.8) is 0 Å². The van der Waals surface area contributed by atoms with Crippen LogP contribution >= 0.6 is 0 Å². The monoisotopic (exact) mass is 349 g/mol. The maximum absolute atomic E-state index is 12.6. The van der Waals surface area contributed by atoms with Gasteiger partial charge in [-0.1, -0.05) is 39.8 Å². The molecule has 6 heteroatoms. The first kappa shape index (κ1) is 16.7. The Balaban J connectivity index is 1.63. The summed E-state index contributed by atoms with van der Waals surface area (Å²) in [5.41, 5.74) is 2.81. The Labute approximate surface area is 152 Å². The van der Waals surface area contributed by atoms with Gasteiger partial charge in [0, 0.05) is 30.1 Å². The maximum Gasteiger partial charge on any atom is 0.230 e. The number of anilines is 1. The molecule has 1 fully saturated rings. The quantitative estimate of drug-likeness (QED) is 0.783. The van der Waals surface area contributed by atoms with Crippen LogP contribution in [-0.2, 0) is 11.8 Å². The van der Waals surface area contributed by atoms with Crippen LogP contribution in [0.3, 0.4) is 0 Å². The third kappa shape index (κ3) is 2.40. The van der Waals surface area contributed by atoms with Crippen LogP contribution in [-0.4, -0.2) is 25.4 Å². The second-order valence-corrected chi connectivity index (χ2v) is 8.22. The summed E-state index contributed by atoms with van der Waals surface area (Å²) in [7, 11) is 1.96. The summed E-state index contributed by atoms with van der Waals surface area (Å²) < 4.78 is 1.96. The number of aromatic nitrogens is 4. The number of nitrogens with zero attached hydrogens (tertiary/aromatic N) is 4. The van der Waals surface area contributed by atoms with Crippen molar-refractivity contribution < 1.29 is 4.79 Å². The molecule has 1 amide bonds. The summed E-state index contributed by atoms with van der Waals surface area (Å²) in [6.45, 7) is 8.49. The number of benzene rings is 1. The van der Waals surface area contributed by atoms with E-state index in [1.807, 2.05) is 36.0 Å². The molecule has 0 radical (unpaired) electrons. The highest BCUT2D eigenvalue weighted by molar-refractivity contribution is 5.95. The van der Waals surface area contributed by atoms with Crippen LogP contribution in [0.1, 0.15) is 27.7 Å². The number of imidazole rings is 1. The Kier molecular flexibility index (Phi) is 3.45. The topological polar surface area (TPSA) is 72.7 Å². The lowest BCUT2D eigenvalue weighted by molar-refractivity contribution is -0.118. The average molecular weight is 349 g/mol. The highest BCUT2D eigenvalue weighted by atomic mass is 16.2. The molecule has 2 heterocycles. The number of hydrogen-bond acceptors (Lipinski definition) is 4. The molecule has 3 aromatic rings. The number of aryl methyl sites for hydroxylation is 1. The SMILES string of the molecule is Cn1cncc1-c1ccc2cnc(NC(=O)C3C(C)(C)C3(C)C)nc2c1. The smallest absolute Gasteiger partial charge is 0.230 e. The maximum atomic E-state index is 12.6. The zero-order valence-corrected chi connectivity index (χ0v) is 15.7. The Morgan fingerprint density at radius 2 is 1.88 bits per heavy atom. The van der Waals surface area contributed by atoms with Crippen molar-refractivity contribution in [2.24, 2.45) is 23.8 Å². The van der Waals surface area contributed by atoms with Crippen molar-refractivity contribution >= 4 is 22.8 Å². The highest BCUT2D eigenvalue weighted by Gasteiger charge is 2.68. The molecule has 0 unspecified atom stereocenters. The molecule has 1 aliphatic carbocycles. The standard InChI is InChI=1S/C20H23N5O/c1-19(2)16(20(19,3)4)17(26)24-18-22-9-13-7-6-12(8-14(13)23-18)15-10-21-11-25(15)5/h6-11,16H,1-5H3,(H,22,23,24,26). The molecule has 1 aromatic carbocycles. The van der Waals surface area contributed by atoms with E-state index in [1.165, 1.54) is 0 Å². The van der Waals surface area contributed by atoms with Crippen LogP contribution in [0.25, 0.3) is 22.2 Å². The number of amides is 1. The van der Waals surface area contributed by atoms with Gasteiger partial charge in [-0.05, 0) is 16.9 Å². The second-order valence-electron chi connectivity index (χ2n) is 8.22. The molecule has 1 aliphatic rings. The molecule has 0 aliphatic heterocycles. The minimum Gasteiger partial charge on any atom is -0.334 e. The Morgan fingerprint density at radius 3 is 2.50 bits per heavy atom. The van der Waals surface area contributed by atoms with Crippen molar-refractivity contribution in [3.05, 3.63) is 36.9 Å². The molecule has 0 spiro atoms. The molecule has 0 bridgehead atoms. The lowest BCUT2D eigenvalue weighted by atomic mass is 10.0. The van der Waals surface area contributed by atoms with E-state index < -0.39 is 0 Å². The van der Waals surface area contributed by atoms with Crippen LogP contribution in [0.4, 0.5) is 5.95 Å². The molecular weight excluding hydrogens is 326 g/mol.